The number of morpholine rings is 1. The van der Waals surface area contributed by atoms with Crippen LogP contribution in [0.3, 0.4) is 0 Å². The van der Waals surface area contributed by atoms with Gasteiger partial charge in [-0.15, -0.1) is 0 Å². The number of likely N-dealkylation sites (tertiary alicyclic amines) is 1. The second-order valence-corrected chi connectivity index (χ2v) is 7.64. The van der Waals surface area contributed by atoms with Crippen molar-refractivity contribution in [2.24, 2.45) is 11.8 Å². The molecule has 162 valence electrons. The van der Waals surface area contributed by atoms with Gasteiger partial charge in [-0.1, -0.05) is 19.9 Å². The minimum Gasteiger partial charge on any atom is -0.475 e. The fraction of sp³-hybridized carbons (Fsp3) is 0.632. The average Bonchev–Trinajstić information content (AvgIpc) is 2.94. The Labute approximate surface area is 167 Å². The lowest BCUT2D eigenvalue weighted by Crippen LogP contribution is -2.45. The Kier molecular flexibility index (Phi) is 7.97. The first-order chi connectivity index (χ1) is 13.6. The topological polar surface area (TPSA) is 91.8 Å². The molecule has 2 N–H and O–H groups in total. The molecular weight excluding hydrogens is 391 g/mol. The molecule has 0 saturated carbocycles. The molecule has 0 radical (unpaired) electrons. The summed E-state index contributed by atoms with van der Waals surface area (Å²) in [5.74, 6) is -2.12. The van der Waals surface area contributed by atoms with Crippen LogP contribution in [0.2, 0.25) is 0 Å². The summed E-state index contributed by atoms with van der Waals surface area (Å²) in [6.45, 7) is 7.57. The van der Waals surface area contributed by atoms with Crippen LogP contribution in [0.15, 0.2) is 24.5 Å². The fourth-order valence-electron chi connectivity index (χ4n) is 3.33. The zero-order valence-corrected chi connectivity index (χ0v) is 16.4. The Bertz CT molecular complexity index is 685. The fourth-order valence-corrected chi connectivity index (χ4v) is 3.33. The summed E-state index contributed by atoms with van der Waals surface area (Å²) in [5, 5.41) is 10.2. The number of hydrogen-bond donors (Lipinski definition) is 2. The number of aliphatic carboxylic acids is 1. The van der Waals surface area contributed by atoms with Crippen LogP contribution in [0.5, 0.6) is 0 Å². The first-order valence-corrected chi connectivity index (χ1v) is 9.40. The van der Waals surface area contributed by atoms with E-state index in [-0.39, 0.29) is 24.0 Å². The second-order valence-electron chi connectivity index (χ2n) is 7.64. The van der Waals surface area contributed by atoms with Crippen molar-refractivity contribution in [3.63, 3.8) is 0 Å². The Morgan fingerprint density at radius 1 is 1.38 bits per heavy atom. The van der Waals surface area contributed by atoms with E-state index in [2.05, 4.69) is 35.1 Å². The number of carboxylic acid groups (broad SMARTS) is 1. The van der Waals surface area contributed by atoms with Crippen molar-refractivity contribution in [3.05, 3.63) is 30.1 Å². The van der Waals surface area contributed by atoms with Crippen LogP contribution in [-0.2, 0) is 20.9 Å². The molecule has 1 aromatic rings. The van der Waals surface area contributed by atoms with Gasteiger partial charge in [0.2, 0.25) is 5.91 Å². The second kappa shape index (κ2) is 10.0. The molecule has 0 aliphatic carbocycles. The SMILES string of the molecule is CC(C)CNC(=O)[C@H]1C[C@@H]2CN(Cc3cccnc3)C[C@H]1O2.O=C(O)C(F)(F)F. The van der Waals surface area contributed by atoms with E-state index in [1.165, 1.54) is 5.56 Å². The van der Waals surface area contributed by atoms with Crippen molar-refractivity contribution in [3.8, 4) is 0 Å². The predicted molar refractivity (Wildman–Crippen MR) is 97.8 cm³/mol. The van der Waals surface area contributed by atoms with Gasteiger partial charge in [0.05, 0.1) is 18.1 Å². The lowest BCUT2D eigenvalue weighted by atomic mass is 9.99. The smallest absolute Gasteiger partial charge is 0.475 e. The third kappa shape index (κ3) is 7.28. The number of fused-ring (bicyclic) bond motifs is 2. The van der Waals surface area contributed by atoms with Gasteiger partial charge in [0, 0.05) is 38.6 Å². The zero-order valence-electron chi connectivity index (χ0n) is 16.4. The number of alkyl halides is 3. The summed E-state index contributed by atoms with van der Waals surface area (Å²) < 4.78 is 37.7. The summed E-state index contributed by atoms with van der Waals surface area (Å²) >= 11 is 0. The molecule has 0 spiro atoms. The van der Waals surface area contributed by atoms with Crippen molar-refractivity contribution in [2.45, 2.75) is 45.2 Å². The zero-order chi connectivity index (χ0) is 21.6. The largest absolute Gasteiger partial charge is 0.490 e. The Morgan fingerprint density at radius 3 is 2.62 bits per heavy atom. The highest BCUT2D eigenvalue weighted by molar-refractivity contribution is 5.79. The number of carbonyl (C=O) groups is 2. The minimum atomic E-state index is -5.08. The van der Waals surface area contributed by atoms with Crippen molar-refractivity contribution in [1.29, 1.82) is 0 Å². The van der Waals surface area contributed by atoms with Crippen LogP contribution in [0.1, 0.15) is 25.8 Å². The molecule has 10 heteroatoms. The van der Waals surface area contributed by atoms with E-state index in [1.54, 1.807) is 6.20 Å². The van der Waals surface area contributed by atoms with Gasteiger partial charge in [-0.3, -0.25) is 14.7 Å². The number of rotatable bonds is 5. The number of hydrogen-bond acceptors (Lipinski definition) is 5. The van der Waals surface area contributed by atoms with Crippen molar-refractivity contribution in [1.82, 2.24) is 15.2 Å². The van der Waals surface area contributed by atoms with Crippen LogP contribution in [0.25, 0.3) is 0 Å². The molecule has 2 fully saturated rings. The highest BCUT2D eigenvalue weighted by Gasteiger charge is 2.44. The molecule has 3 heterocycles. The van der Waals surface area contributed by atoms with Gasteiger partial charge in [-0.05, 0) is 24.0 Å². The summed E-state index contributed by atoms with van der Waals surface area (Å²) in [6.07, 6.45) is -0.322. The minimum absolute atomic E-state index is 0.00245. The molecule has 1 amide bonds. The van der Waals surface area contributed by atoms with Gasteiger partial charge >= 0.3 is 12.1 Å². The maximum atomic E-state index is 12.3. The molecule has 3 atom stereocenters. The number of halogens is 3. The number of pyridine rings is 1. The van der Waals surface area contributed by atoms with Gasteiger partial charge in [0.15, 0.2) is 0 Å². The van der Waals surface area contributed by atoms with Crippen molar-refractivity contribution in [2.75, 3.05) is 19.6 Å². The lowest BCUT2D eigenvalue weighted by molar-refractivity contribution is -0.192. The van der Waals surface area contributed by atoms with Crippen LogP contribution < -0.4 is 5.32 Å². The average molecular weight is 417 g/mol. The Hall–Kier alpha value is -2.20. The number of aromatic nitrogens is 1. The van der Waals surface area contributed by atoms with Crippen LogP contribution in [0, 0.1) is 11.8 Å². The molecule has 2 saturated heterocycles. The number of nitrogens with one attached hydrogen (secondary N) is 1. The maximum absolute atomic E-state index is 12.3. The van der Waals surface area contributed by atoms with Gasteiger partial charge < -0.3 is 15.2 Å². The van der Waals surface area contributed by atoms with Crippen molar-refractivity contribution < 1.29 is 32.6 Å². The third-order valence-corrected chi connectivity index (χ3v) is 4.63. The number of ether oxygens (including phenoxy) is 1. The molecule has 3 rings (SSSR count). The molecule has 2 aliphatic heterocycles. The summed E-state index contributed by atoms with van der Waals surface area (Å²) in [6, 6.07) is 4.06. The van der Waals surface area contributed by atoms with E-state index in [9.17, 15) is 18.0 Å². The summed E-state index contributed by atoms with van der Waals surface area (Å²) in [4.78, 5) is 27.8. The Morgan fingerprint density at radius 2 is 2.07 bits per heavy atom. The van der Waals surface area contributed by atoms with Gasteiger partial charge in [-0.25, -0.2) is 4.79 Å². The lowest BCUT2D eigenvalue weighted by Gasteiger charge is -2.32. The maximum Gasteiger partial charge on any atom is 0.490 e. The predicted octanol–water partition coefficient (Wildman–Crippen LogP) is 2.08. The number of nitrogens with zero attached hydrogens (tertiary/aromatic N) is 2. The van der Waals surface area contributed by atoms with Gasteiger partial charge in [0.25, 0.3) is 0 Å². The van der Waals surface area contributed by atoms with E-state index in [0.717, 1.165) is 32.6 Å². The first kappa shape index (κ1) is 23.1. The Balaban J connectivity index is 0.000000370. The molecule has 1 aromatic heterocycles. The highest BCUT2D eigenvalue weighted by atomic mass is 19.4. The van der Waals surface area contributed by atoms with Crippen LogP contribution in [0.4, 0.5) is 13.2 Å². The van der Waals surface area contributed by atoms with E-state index in [0.29, 0.717) is 5.92 Å². The van der Waals surface area contributed by atoms with Gasteiger partial charge in [-0.2, -0.15) is 13.2 Å². The summed E-state index contributed by atoms with van der Waals surface area (Å²) in [5.41, 5.74) is 1.21. The number of carbonyl (C=O) groups excluding carboxylic acids is 1. The number of carboxylic acids is 1. The van der Waals surface area contributed by atoms with Crippen LogP contribution >= 0.6 is 0 Å². The van der Waals surface area contributed by atoms with Crippen LogP contribution in [-0.4, -0.2) is 64.9 Å². The molecule has 29 heavy (non-hydrogen) atoms. The first-order valence-electron chi connectivity index (χ1n) is 9.40. The molecule has 2 aliphatic rings. The molecule has 7 nitrogen and oxygen atoms in total. The van der Waals surface area contributed by atoms with Gasteiger partial charge in [0.1, 0.15) is 0 Å². The highest BCUT2D eigenvalue weighted by Crippen LogP contribution is 2.32. The molecule has 0 unspecified atom stereocenters. The molecular formula is C19H26F3N3O4. The number of amides is 1. The summed E-state index contributed by atoms with van der Waals surface area (Å²) in [7, 11) is 0. The van der Waals surface area contributed by atoms with E-state index >= 15 is 0 Å². The third-order valence-electron chi connectivity index (χ3n) is 4.63. The monoisotopic (exact) mass is 417 g/mol. The molecule has 2 bridgehead atoms. The molecule has 0 aromatic carbocycles. The quantitative estimate of drug-likeness (QED) is 0.762. The standard InChI is InChI=1S/C17H25N3O2.C2HF3O2/c1-12(2)7-19-17(21)15-6-14-10-20(11-16(15)22-14)9-13-4-3-5-18-8-13;3-2(4,5)1(6)7/h3-5,8,12,14-16H,6-7,9-11H2,1-2H3,(H,19,21);(H,6,7)/t14-,15+,16-;/m1./s1. The normalized spacial score (nSPS) is 24.0. The van der Waals surface area contributed by atoms with E-state index < -0.39 is 12.1 Å². The van der Waals surface area contributed by atoms with Crippen molar-refractivity contribution >= 4 is 11.9 Å². The van der Waals surface area contributed by atoms with E-state index in [4.69, 9.17) is 14.6 Å². The van der Waals surface area contributed by atoms with E-state index in [1.807, 2.05) is 12.3 Å².